The van der Waals surface area contributed by atoms with Crippen LogP contribution in [0, 0.1) is 0 Å². The molecule has 0 radical (unpaired) electrons. The number of carbonyl (C=O) groups is 2. The molecule has 0 saturated carbocycles. The summed E-state index contributed by atoms with van der Waals surface area (Å²) < 4.78 is 6.87. The maximum absolute atomic E-state index is 12.3. The third kappa shape index (κ3) is 3.06. The van der Waals surface area contributed by atoms with Crippen LogP contribution in [0.5, 0.6) is 0 Å². The van der Waals surface area contributed by atoms with Crippen molar-refractivity contribution in [1.29, 1.82) is 0 Å². The molecule has 0 aliphatic carbocycles. The number of rotatable bonds is 3. The normalized spacial score (nSPS) is 18.7. The summed E-state index contributed by atoms with van der Waals surface area (Å²) in [7, 11) is 0. The number of morpholine rings is 1. The van der Waals surface area contributed by atoms with E-state index in [1.54, 1.807) is 22.7 Å². The first-order valence-electron chi connectivity index (χ1n) is 7.00. The van der Waals surface area contributed by atoms with E-state index in [0.29, 0.717) is 17.9 Å². The average Bonchev–Trinajstić information content (AvgIpc) is 2.88. The van der Waals surface area contributed by atoms with Crippen LogP contribution in [0.3, 0.4) is 0 Å². The zero-order valence-corrected chi connectivity index (χ0v) is 12.8. The molecule has 1 saturated heterocycles. The minimum atomic E-state index is -1.08. The highest BCUT2D eigenvalue weighted by Crippen LogP contribution is 2.19. The van der Waals surface area contributed by atoms with Crippen LogP contribution in [-0.2, 0) is 14.3 Å². The number of carboxylic acid groups (broad SMARTS) is 1. The summed E-state index contributed by atoms with van der Waals surface area (Å²) >= 11 is 6.09. The number of hydrogen-bond donors (Lipinski definition) is 1. The van der Waals surface area contributed by atoms with E-state index in [1.807, 2.05) is 12.1 Å². The fourth-order valence-corrected chi connectivity index (χ4v) is 2.69. The number of halogens is 1. The van der Waals surface area contributed by atoms with Crippen molar-refractivity contribution < 1.29 is 19.4 Å². The van der Waals surface area contributed by atoms with E-state index in [0.717, 1.165) is 0 Å². The van der Waals surface area contributed by atoms with Gasteiger partial charge in [-0.3, -0.25) is 9.20 Å². The first-order chi connectivity index (χ1) is 11.1. The Morgan fingerprint density at radius 1 is 1.43 bits per heavy atom. The number of nitrogens with zero attached hydrogens (tertiary/aromatic N) is 3. The minimum absolute atomic E-state index is 0.00865. The van der Waals surface area contributed by atoms with Gasteiger partial charge < -0.3 is 14.7 Å². The van der Waals surface area contributed by atoms with Crippen LogP contribution < -0.4 is 0 Å². The first-order valence-corrected chi connectivity index (χ1v) is 7.37. The van der Waals surface area contributed by atoms with Crippen molar-refractivity contribution in [3.8, 4) is 0 Å². The van der Waals surface area contributed by atoms with E-state index in [9.17, 15) is 9.59 Å². The van der Waals surface area contributed by atoms with Gasteiger partial charge in [0.05, 0.1) is 18.9 Å². The van der Waals surface area contributed by atoms with E-state index < -0.39 is 17.9 Å². The summed E-state index contributed by atoms with van der Waals surface area (Å²) in [5.74, 6) is -1.48. The Balaban J connectivity index is 1.85. The Bertz CT molecular complexity index is 786. The lowest BCUT2D eigenvalue weighted by atomic mass is 10.2. The summed E-state index contributed by atoms with van der Waals surface area (Å²) in [6, 6.07) is 4.49. The van der Waals surface area contributed by atoms with E-state index in [2.05, 4.69) is 4.98 Å². The van der Waals surface area contributed by atoms with Crippen LogP contribution in [0.15, 0.2) is 30.5 Å². The molecule has 8 heteroatoms. The third-order valence-electron chi connectivity index (χ3n) is 3.60. The monoisotopic (exact) mass is 335 g/mol. The van der Waals surface area contributed by atoms with Crippen molar-refractivity contribution in [2.45, 2.75) is 6.04 Å². The molecule has 1 fully saturated rings. The first kappa shape index (κ1) is 15.5. The van der Waals surface area contributed by atoms with Gasteiger partial charge >= 0.3 is 5.97 Å². The molecule has 7 nitrogen and oxygen atoms in total. The molecular weight excluding hydrogens is 322 g/mol. The molecule has 0 spiro atoms. The maximum Gasteiger partial charge on any atom is 0.328 e. The van der Waals surface area contributed by atoms with E-state index >= 15 is 0 Å². The van der Waals surface area contributed by atoms with Crippen LogP contribution in [0.1, 0.15) is 5.69 Å². The Hall–Kier alpha value is -2.38. The molecule has 0 aromatic carbocycles. The highest BCUT2D eigenvalue weighted by molar-refractivity contribution is 6.31. The van der Waals surface area contributed by atoms with Gasteiger partial charge in [-0.05, 0) is 18.2 Å². The fraction of sp³-hybridized carbons (Fsp3) is 0.267. The standard InChI is InChI=1S/C15H14ClN3O4/c16-14-10(18-6-2-1-3-12(18)17-14)4-5-13(20)19-7-8-23-9-11(19)15(21)22/h1-6,11H,7-9H2,(H,21,22)/b5-4+. The van der Waals surface area contributed by atoms with Gasteiger partial charge in [-0.25, -0.2) is 9.78 Å². The van der Waals surface area contributed by atoms with Gasteiger partial charge in [0, 0.05) is 18.8 Å². The van der Waals surface area contributed by atoms with Crippen LogP contribution >= 0.6 is 11.6 Å². The highest BCUT2D eigenvalue weighted by Gasteiger charge is 2.31. The number of carbonyl (C=O) groups excluding carboxylic acids is 1. The van der Waals surface area contributed by atoms with Crippen molar-refractivity contribution in [2.75, 3.05) is 19.8 Å². The van der Waals surface area contributed by atoms with Crippen molar-refractivity contribution in [1.82, 2.24) is 14.3 Å². The largest absolute Gasteiger partial charge is 0.480 e. The van der Waals surface area contributed by atoms with E-state index in [4.69, 9.17) is 21.4 Å². The topological polar surface area (TPSA) is 84.1 Å². The summed E-state index contributed by atoms with van der Waals surface area (Å²) in [5.41, 5.74) is 1.23. The molecule has 1 amide bonds. The lowest BCUT2D eigenvalue weighted by Gasteiger charge is -2.31. The van der Waals surface area contributed by atoms with Gasteiger partial charge in [-0.2, -0.15) is 0 Å². The predicted octanol–water partition coefficient (Wildman–Crippen LogP) is 1.31. The Morgan fingerprint density at radius 2 is 2.26 bits per heavy atom. The molecule has 3 heterocycles. The highest BCUT2D eigenvalue weighted by atomic mass is 35.5. The molecular formula is C15H14ClN3O4. The van der Waals surface area contributed by atoms with Gasteiger partial charge in [0.15, 0.2) is 11.2 Å². The number of aromatic nitrogens is 2. The zero-order chi connectivity index (χ0) is 16.4. The van der Waals surface area contributed by atoms with Crippen LogP contribution in [0.4, 0.5) is 0 Å². The van der Waals surface area contributed by atoms with Crippen molar-refractivity contribution in [3.05, 3.63) is 41.3 Å². The van der Waals surface area contributed by atoms with Gasteiger partial charge in [-0.1, -0.05) is 17.7 Å². The molecule has 1 atom stereocenters. The summed E-state index contributed by atoms with van der Waals surface area (Å²) in [6.45, 7) is 0.548. The van der Waals surface area contributed by atoms with Gasteiger partial charge in [-0.15, -0.1) is 0 Å². The van der Waals surface area contributed by atoms with Crippen LogP contribution in [0.25, 0.3) is 11.7 Å². The minimum Gasteiger partial charge on any atom is -0.480 e. The summed E-state index contributed by atoms with van der Waals surface area (Å²) in [4.78, 5) is 29.0. The van der Waals surface area contributed by atoms with Crippen molar-refractivity contribution in [2.24, 2.45) is 0 Å². The molecule has 3 rings (SSSR count). The van der Waals surface area contributed by atoms with Crippen molar-refractivity contribution >= 4 is 35.2 Å². The molecule has 2 aromatic rings. The molecule has 2 aromatic heterocycles. The zero-order valence-electron chi connectivity index (χ0n) is 12.1. The van der Waals surface area contributed by atoms with E-state index in [1.165, 1.54) is 11.0 Å². The van der Waals surface area contributed by atoms with Crippen LogP contribution in [-0.4, -0.2) is 57.1 Å². The number of amides is 1. The lowest BCUT2D eigenvalue weighted by molar-refractivity contribution is -0.156. The Labute approximate surface area is 136 Å². The Kier molecular flexibility index (Phi) is 4.31. The quantitative estimate of drug-likeness (QED) is 0.855. The molecule has 0 bridgehead atoms. The second-order valence-electron chi connectivity index (χ2n) is 5.01. The number of imidazole rings is 1. The molecule has 1 aliphatic rings. The number of carboxylic acids is 1. The van der Waals surface area contributed by atoms with Crippen molar-refractivity contribution in [3.63, 3.8) is 0 Å². The number of fused-ring (bicyclic) bond motifs is 1. The molecule has 1 N–H and O–H groups in total. The van der Waals surface area contributed by atoms with Crippen LogP contribution in [0.2, 0.25) is 5.15 Å². The number of aliphatic carboxylic acids is 1. The number of ether oxygens (including phenoxy) is 1. The molecule has 1 aliphatic heterocycles. The average molecular weight is 336 g/mol. The summed E-state index contributed by atoms with van der Waals surface area (Å²) in [5, 5.41) is 9.44. The lowest BCUT2D eigenvalue weighted by Crippen LogP contribution is -2.52. The smallest absolute Gasteiger partial charge is 0.328 e. The Morgan fingerprint density at radius 3 is 3.04 bits per heavy atom. The molecule has 23 heavy (non-hydrogen) atoms. The number of pyridine rings is 1. The third-order valence-corrected chi connectivity index (χ3v) is 3.88. The van der Waals surface area contributed by atoms with Gasteiger partial charge in [0.2, 0.25) is 5.91 Å². The molecule has 120 valence electrons. The van der Waals surface area contributed by atoms with Gasteiger partial charge in [0.1, 0.15) is 5.65 Å². The predicted molar refractivity (Wildman–Crippen MR) is 83.2 cm³/mol. The fourth-order valence-electron chi connectivity index (χ4n) is 2.45. The maximum atomic E-state index is 12.3. The second-order valence-corrected chi connectivity index (χ2v) is 5.37. The van der Waals surface area contributed by atoms with E-state index in [-0.39, 0.29) is 18.3 Å². The number of hydrogen-bond acceptors (Lipinski definition) is 4. The second kappa shape index (κ2) is 6.39. The SMILES string of the molecule is O=C(O)C1COCCN1C(=O)/C=C/c1c(Cl)nc2ccccn12. The summed E-state index contributed by atoms with van der Waals surface area (Å²) in [6.07, 6.45) is 4.63. The van der Waals surface area contributed by atoms with Gasteiger partial charge in [0.25, 0.3) is 0 Å². The molecule has 1 unspecified atom stereocenters.